The Morgan fingerprint density at radius 2 is 1.78 bits per heavy atom. The topological polar surface area (TPSA) is 54.9 Å². The van der Waals surface area contributed by atoms with Crippen molar-refractivity contribution in [2.75, 3.05) is 11.1 Å². The number of carbonyl (C=O) groups is 1. The summed E-state index contributed by atoms with van der Waals surface area (Å²) in [5.41, 5.74) is 0.565. The fraction of sp³-hybridized carbons (Fsp3) is 0.389. The van der Waals surface area contributed by atoms with E-state index in [-0.39, 0.29) is 11.3 Å². The molecule has 2 aromatic rings. The van der Waals surface area contributed by atoms with E-state index >= 15 is 0 Å². The number of rotatable bonds is 6. The lowest BCUT2D eigenvalue weighted by Gasteiger charge is -2.16. The third-order valence-corrected chi connectivity index (χ3v) is 4.26. The number of aromatic nitrogens is 2. The molecule has 0 saturated heterocycles. The first-order valence-electron chi connectivity index (χ1n) is 7.75. The predicted molar refractivity (Wildman–Crippen MR) is 95.8 cm³/mol. The molecule has 23 heavy (non-hydrogen) atoms. The van der Waals surface area contributed by atoms with Gasteiger partial charge in [-0.2, -0.15) is 0 Å². The smallest absolute Gasteiger partial charge is 0.224 e. The largest absolute Gasteiger partial charge is 0.323 e. The second-order valence-corrected chi connectivity index (χ2v) is 7.53. The van der Waals surface area contributed by atoms with Crippen molar-refractivity contribution in [2.45, 2.75) is 43.9 Å². The number of thioether (sulfide) groups is 1. The number of hydrogen-bond acceptors (Lipinski definition) is 4. The van der Waals surface area contributed by atoms with Crippen LogP contribution in [0, 0.1) is 0 Å². The summed E-state index contributed by atoms with van der Waals surface area (Å²) in [6, 6.07) is 10.2. The Morgan fingerprint density at radius 1 is 1.13 bits per heavy atom. The fourth-order valence-electron chi connectivity index (χ4n) is 1.94. The molecule has 0 atom stereocenters. The van der Waals surface area contributed by atoms with Gasteiger partial charge in [-0.1, -0.05) is 39.0 Å². The summed E-state index contributed by atoms with van der Waals surface area (Å²) in [5.74, 6) is 1.71. The van der Waals surface area contributed by atoms with Crippen LogP contribution in [0.15, 0.2) is 47.6 Å². The maximum Gasteiger partial charge on any atom is 0.224 e. The summed E-state index contributed by atoms with van der Waals surface area (Å²) in [6.45, 7) is 6.18. The number of hydrogen-bond donors (Lipinski definition) is 1. The zero-order valence-electron chi connectivity index (χ0n) is 13.9. The molecule has 4 nitrogen and oxygen atoms in total. The van der Waals surface area contributed by atoms with Crippen LogP contribution in [-0.4, -0.2) is 21.6 Å². The molecule has 0 aliphatic rings. The second-order valence-electron chi connectivity index (χ2n) is 6.36. The van der Waals surface area contributed by atoms with Crippen molar-refractivity contribution < 1.29 is 4.79 Å². The first-order valence-corrected chi connectivity index (χ1v) is 8.74. The van der Waals surface area contributed by atoms with Crippen LogP contribution in [0.25, 0.3) is 0 Å². The quantitative estimate of drug-likeness (QED) is 0.634. The third kappa shape index (κ3) is 6.02. The van der Waals surface area contributed by atoms with Gasteiger partial charge in [0, 0.05) is 16.7 Å². The standard InChI is InChI=1S/C18H23N3OS/c1-18(2,3)17-19-12-14(13-20-17)21-16(22)10-7-11-23-15-8-5-4-6-9-15/h4-6,8-9,12-13H,7,10-11H2,1-3H3,(H,21,22). The van der Waals surface area contributed by atoms with Gasteiger partial charge in [0.15, 0.2) is 0 Å². The van der Waals surface area contributed by atoms with Crippen LogP contribution in [0.1, 0.15) is 39.4 Å². The van der Waals surface area contributed by atoms with Crippen molar-refractivity contribution in [1.29, 1.82) is 0 Å². The van der Waals surface area contributed by atoms with E-state index in [4.69, 9.17) is 0 Å². The Bertz CT molecular complexity index is 621. The van der Waals surface area contributed by atoms with Gasteiger partial charge in [0.1, 0.15) is 5.82 Å². The van der Waals surface area contributed by atoms with Gasteiger partial charge in [0.2, 0.25) is 5.91 Å². The summed E-state index contributed by atoms with van der Waals surface area (Å²) in [6.07, 6.45) is 4.68. The Labute approximate surface area is 142 Å². The molecule has 0 radical (unpaired) electrons. The molecule has 1 aromatic heterocycles. The number of nitrogens with zero attached hydrogens (tertiary/aromatic N) is 2. The molecular weight excluding hydrogens is 306 g/mol. The Hall–Kier alpha value is -1.88. The van der Waals surface area contributed by atoms with Gasteiger partial charge in [-0.15, -0.1) is 11.8 Å². The maximum atomic E-state index is 11.9. The summed E-state index contributed by atoms with van der Waals surface area (Å²) in [4.78, 5) is 21.8. The average Bonchev–Trinajstić information content (AvgIpc) is 2.52. The molecule has 1 aromatic carbocycles. The van der Waals surface area contributed by atoms with Gasteiger partial charge in [-0.3, -0.25) is 4.79 Å². The number of anilines is 1. The van der Waals surface area contributed by atoms with Gasteiger partial charge >= 0.3 is 0 Å². The van der Waals surface area contributed by atoms with Crippen molar-refractivity contribution in [3.05, 3.63) is 48.5 Å². The molecule has 0 aliphatic carbocycles. The normalized spacial score (nSPS) is 11.3. The van der Waals surface area contributed by atoms with Gasteiger partial charge in [-0.25, -0.2) is 9.97 Å². The fourth-order valence-corrected chi connectivity index (χ4v) is 2.82. The predicted octanol–water partition coefficient (Wildman–Crippen LogP) is 4.29. The van der Waals surface area contributed by atoms with Crippen LogP contribution < -0.4 is 5.32 Å². The Balaban J connectivity index is 1.72. The summed E-state index contributed by atoms with van der Waals surface area (Å²) < 4.78 is 0. The van der Waals surface area contributed by atoms with Crippen LogP contribution in [-0.2, 0) is 10.2 Å². The highest BCUT2D eigenvalue weighted by molar-refractivity contribution is 7.99. The maximum absolute atomic E-state index is 11.9. The van der Waals surface area contributed by atoms with Crippen LogP contribution in [0.2, 0.25) is 0 Å². The molecular formula is C18H23N3OS. The molecule has 0 unspecified atom stereocenters. The van der Waals surface area contributed by atoms with Crippen molar-refractivity contribution in [3.63, 3.8) is 0 Å². The minimum absolute atomic E-state index is 0.00534. The Morgan fingerprint density at radius 3 is 2.39 bits per heavy atom. The second kappa shape index (κ2) is 8.11. The van der Waals surface area contributed by atoms with Crippen molar-refractivity contribution in [1.82, 2.24) is 9.97 Å². The highest BCUT2D eigenvalue weighted by atomic mass is 32.2. The molecule has 0 spiro atoms. The molecule has 5 heteroatoms. The number of nitrogens with one attached hydrogen (secondary N) is 1. The Kier molecular flexibility index (Phi) is 6.16. The van der Waals surface area contributed by atoms with Crippen LogP contribution in [0.3, 0.4) is 0 Å². The molecule has 0 saturated carbocycles. The van der Waals surface area contributed by atoms with Gasteiger partial charge in [0.05, 0.1) is 18.1 Å². The van der Waals surface area contributed by atoms with E-state index in [0.717, 1.165) is 18.0 Å². The van der Waals surface area contributed by atoms with E-state index in [1.807, 2.05) is 18.2 Å². The highest BCUT2D eigenvalue weighted by Crippen LogP contribution is 2.19. The monoisotopic (exact) mass is 329 g/mol. The number of amides is 1. The minimum atomic E-state index is -0.0861. The summed E-state index contributed by atoms with van der Waals surface area (Å²) in [7, 11) is 0. The van der Waals surface area contributed by atoms with Gasteiger partial charge in [-0.05, 0) is 24.3 Å². The molecule has 0 bridgehead atoms. The molecule has 0 aliphatic heterocycles. The zero-order valence-corrected chi connectivity index (χ0v) is 14.7. The van der Waals surface area contributed by atoms with E-state index in [9.17, 15) is 4.79 Å². The van der Waals surface area contributed by atoms with E-state index in [2.05, 4.69) is 48.2 Å². The summed E-state index contributed by atoms with van der Waals surface area (Å²) >= 11 is 1.77. The number of carbonyl (C=O) groups excluding carboxylic acids is 1. The first kappa shape index (κ1) is 17.5. The average molecular weight is 329 g/mol. The van der Waals surface area contributed by atoms with E-state index in [1.54, 1.807) is 24.2 Å². The molecule has 2 rings (SSSR count). The van der Waals surface area contributed by atoms with Gasteiger partial charge < -0.3 is 5.32 Å². The minimum Gasteiger partial charge on any atom is -0.323 e. The van der Waals surface area contributed by atoms with E-state index < -0.39 is 0 Å². The lowest BCUT2D eigenvalue weighted by molar-refractivity contribution is -0.116. The van der Waals surface area contributed by atoms with E-state index in [0.29, 0.717) is 12.1 Å². The van der Waals surface area contributed by atoms with Crippen LogP contribution >= 0.6 is 11.8 Å². The van der Waals surface area contributed by atoms with Crippen molar-refractivity contribution in [2.24, 2.45) is 0 Å². The van der Waals surface area contributed by atoms with Gasteiger partial charge in [0.25, 0.3) is 0 Å². The van der Waals surface area contributed by atoms with Crippen LogP contribution in [0.5, 0.6) is 0 Å². The molecule has 0 fully saturated rings. The lowest BCUT2D eigenvalue weighted by Crippen LogP contribution is -2.17. The molecule has 1 heterocycles. The van der Waals surface area contributed by atoms with Crippen molar-refractivity contribution >= 4 is 23.4 Å². The molecule has 1 N–H and O–H groups in total. The lowest BCUT2D eigenvalue weighted by atomic mass is 9.96. The third-order valence-electron chi connectivity index (χ3n) is 3.17. The summed E-state index contributed by atoms with van der Waals surface area (Å²) in [5, 5.41) is 2.85. The van der Waals surface area contributed by atoms with E-state index in [1.165, 1.54) is 4.90 Å². The SMILES string of the molecule is CC(C)(C)c1ncc(NC(=O)CCCSc2ccccc2)cn1. The molecule has 1 amide bonds. The number of benzene rings is 1. The molecule has 122 valence electrons. The highest BCUT2D eigenvalue weighted by Gasteiger charge is 2.16. The first-order chi connectivity index (χ1) is 10.9. The van der Waals surface area contributed by atoms with Crippen molar-refractivity contribution in [3.8, 4) is 0 Å². The van der Waals surface area contributed by atoms with Crippen LogP contribution in [0.4, 0.5) is 5.69 Å². The zero-order chi connectivity index (χ0) is 16.7.